The van der Waals surface area contributed by atoms with Crippen molar-refractivity contribution in [1.82, 2.24) is 15.6 Å². The molecule has 0 bridgehead atoms. The highest BCUT2D eigenvalue weighted by Crippen LogP contribution is 2.32. The van der Waals surface area contributed by atoms with Gasteiger partial charge in [0.25, 0.3) is 0 Å². The van der Waals surface area contributed by atoms with Gasteiger partial charge in [0.05, 0.1) is 24.6 Å². The standard InChI is InChI=1S/C28H29N3O5/c1-19(26(32)29-2)16-24(23-10-7-15-30-17-23)25(21-11-13-22(14-12-21)27(33)35-3)31-28(34)36-18-20-8-5-4-6-9-20/h4-17,19,25H,18H2,1-3H3,(H,29,32)(H,31,34)/b24-16+/t19-,25?/m1/s1. The SMILES string of the molecule is CNC(=O)[C@H](C)/C=C(\c1cccnc1)C(NC(=O)OCc1ccccc1)c1ccc(C(=O)OC)cc1. The van der Waals surface area contributed by atoms with Crippen LogP contribution in [0.3, 0.4) is 0 Å². The molecule has 186 valence electrons. The molecular weight excluding hydrogens is 458 g/mol. The number of amides is 2. The van der Waals surface area contributed by atoms with E-state index in [-0.39, 0.29) is 12.5 Å². The third-order valence-electron chi connectivity index (χ3n) is 5.54. The lowest BCUT2D eigenvalue weighted by Crippen LogP contribution is -2.31. The molecule has 1 heterocycles. The minimum absolute atomic E-state index is 0.0985. The van der Waals surface area contributed by atoms with Gasteiger partial charge in [-0.15, -0.1) is 0 Å². The number of alkyl carbamates (subject to hydrolysis) is 1. The Morgan fingerprint density at radius 3 is 2.31 bits per heavy atom. The quantitative estimate of drug-likeness (QED) is 0.436. The highest BCUT2D eigenvalue weighted by atomic mass is 16.5. The number of rotatable bonds is 9. The molecule has 0 saturated carbocycles. The van der Waals surface area contributed by atoms with E-state index in [1.165, 1.54) is 7.11 Å². The molecule has 36 heavy (non-hydrogen) atoms. The number of pyridine rings is 1. The summed E-state index contributed by atoms with van der Waals surface area (Å²) >= 11 is 0. The molecule has 3 rings (SSSR count). The fourth-order valence-corrected chi connectivity index (χ4v) is 3.62. The van der Waals surface area contributed by atoms with Crippen molar-refractivity contribution in [3.8, 4) is 0 Å². The Kier molecular flexibility index (Phi) is 9.33. The van der Waals surface area contributed by atoms with Gasteiger partial charge in [-0.1, -0.05) is 61.5 Å². The summed E-state index contributed by atoms with van der Waals surface area (Å²) < 4.78 is 10.3. The molecule has 2 aromatic carbocycles. The fraction of sp³-hybridized carbons (Fsp3) is 0.214. The summed E-state index contributed by atoms with van der Waals surface area (Å²) in [5.74, 6) is -1.14. The highest BCUT2D eigenvalue weighted by molar-refractivity contribution is 5.89. The molecule has 0 aliphatic heterocycles. The van der Waals surface area contributed by atoms with Crippen molar-refractivity contribution in [2.45, 2.75) is 19.6 Å². The summed E-state index contributed by atoms with van der Waals surface area (Å²) in [4.78, 5) is 41.4. The van der Waals surface area contributed by atoms with E-state index in [9.17, 15) is 14.4 Å². The molecule has 2 amide bonds. The Balaban J connectivity index is 1.99. The van der Waals surface area contributed by atoms with Crippen LogP contribution in [0.5, 0.6) is 0 Å². The first-order valence-electron chi connectivity index (χ1n) is 11.4. The molecular formula is C28H29N3O5. The largest absolute Gasteiger partial charge is 0.465 e. The van der Waals surface area contributed by atoms with Gasteiger partial charge in [-0.2, -0.15) is 0 Å². The molecule has 0 aliphatic carbocycles. The number of methoxy groups -OCH3 is 1. The molecule has 1 aromatic heterocycles. The van der Waals surface area contributed by atoms with E-state index in [1.54, 1.807) is 62.8 Å². The number of esters is 1. The number of ether oxygens (including phenoxy) is 2. The second kappa shape index (κ2) is 12.9. The first kappa shape index (κ1) is 26.2. The first-order valence-corrected chi connectivity index (χ1v) is 11.4. The zero-order valence-corrected chi connectivity index (χ0v) is 20.4. The zero-order valence-electron chi connectivity index (χ0n) is 20.4. The van der Waals surface area contributed by atoms with E-state index in [0.717, 1.165) is 11.1 Å². The second-order valence-corrected chi connectivity index (χ2v) is 8.02. The van der Waals surface area contributed by atoms with E-state index < -0.39 is 24.0 Å². The van der Waals surface area contributed by atoms with Gasteiger partial charge in [0, 0.05) is 19.4 Å². The summed E-state index contributed by atoms with van der Waals surface area (Å²) in [6.45, 7) is 1.86. The lowest BCUT2D eigenvalue weighted by Gasteiger charge is -2.24. The van der Waals surface area contributed by atoms with Gasteiger partial charge in [-0.25, -0.2) is 9.59 Å². The van der Waals surface area contributed by atoms with Crippen LogP contribution in [0.2, 0.25) is 0 Å². The molecule has 3 aromatic rings. The van der Waals surface area contributed by atoms with Crippen LogP contribution in [0.15, 0.2) is 85.2 Å². The Morgan fingerprint density at radius 1 is 0.972 bits per heavy atom. The van der Waals surface area contributed by atoms with Crippen LogP contribution >= 0.6 is 0 Å². The van der Waals surface area contributed by atoms with Crippen LogP contribution in [-0.2, 0) is 20.9 Å². The van der Waals surface area contributed by atoms with Gasteiger partial charge in [0.1, 0.15) is 6.61 Å². The number of carbonyl (C=O) groups is 3. The monoisotopic (exact) mass is 487 g/mol. The third kappa shape index (κ3) is 7.02. The van der Waals surface area contributed by atoms with Crippen molar-refractivity contribution >= 4 is 23.5 Å². The molecule has 0 spiro atoms. The van der Waals surface area contributed by atoms with Gasteiger partial charge in [-0.05, 0) is 40.5 Å². The normalized spacial score (nSPS) is 12.7. The maximum atomic E-state index is 12.9. The predicted octanol–water partition coefficient (Wildman–Crippen LogP) is 4.30. The van der Waals surface area contributed by atoms with Gasteiger partial charge in [0.2, 0.25) is 5.91 Å². The summed E-state index contributed by atoms with van der Waals surface area (Å²) in [6, 6.07) is 19.0. The number of nitrogens with zero attached hydrogens (tertiary/aromatic N) is 1. The highest BCUT2D eigenvalue weighted by Gasteiger charge is 2.24. The summed E-state index contributed by atoms with van der Waals surface area (Å²) in [5, 5.41) is 5.57. The van der Waals surface area contributed by atoms with E-state index >= 15 is 0 Å². The number of benzene rings is 2. The minimum Gasteiger partial charge on any atom is -0.465 e. The third-order valence-corrected chi connectivity index (χ3v) is 5.54. The summed E-state index contributed by atoms with van der Waals surface area (Å²) in [6.07, 6.45) is 4.45. The van der Waals surface area contributed by atoms with E-state index in [2.05, 4.69) is 15.6 Å². The molecule has 0 fully saturated rings. The van der Waals surface area contributed by atoms with E-state index in [1.807, 2.05) is 36.4 Å². The maximum absolute atomic E-state index is 12.9. The molecule has 8 nitrogen and oxygen atoms in total. The van der Waals surface area contributed by atoms with Gasteiger partial charge >= 0.3 is 12.1 Å². The molecule has 0 radical (unpaired) electrons. The second-order valence-electron chi connectivity index (χ2n) is 8.02. The smallest absolute Gasteiger partial charge is 0.408 e. The number of aromatic nitrogens is 1. The minimum atomic E-state index is -0.698. The topological polar surface area (TPSA) is 107 Å². The van der Waals surface area contributed by atoms with Crippen molar-refractivity contribution in [2.75, 3.05) is 14.2 Å². The maximum Gasteiger partial charge on any atom is 0.408 e. The van der Waals surface area contributed by atoms with Crippen molar-refractivity contribution in [3.05, 3.63) is 107 Å². The van der Waals surface area contributed by atoms with Crippen molar-refractivity contribution in [3.63, 3.8) is 0 Å². The van der Waals surface area contributed by atoms with Gasteiger partial charge < -0.3 is 20.1 Å². The lowest BCUT2D eigenvalue weighted by atomic mass is 9.90. The average Bonchev–Trinajstić information content (AvgIpc) is 2.93. The molecule has 0 aliphatic rings. The van der Waals surface area contributed by atoms with Crippen LogP contribution in [0.1, 0.15) is 40.0 Å². The Bertz CT molecular complexity index is 1190. The summed E-state index contributed by atoms with van der Waals surface area (Å²) in [5.41, 5.74) is 3.28. The Morgan fingerprint density at radius 2 is 1.69 bits per heavy atom. The van der Waals surface area contributed by atoms with Gasteiger partial charge in [0.15, 0.2) is 0 Å². The summed E-state index contributed by atoms with van der Waals surface area (Å²) in [7, 11) is 2.88. The molecule has 0 saturated heterocycles. The predicted molar refractivity (Wildman–Crippen MR) is 136 cm³/mol. The molecule has 8 heteroatoms. The number of hydrogen-bond acceptors (Lipinski definition) is 6. The molecule has 1 unspecified atom stereocenters. The van der Waals surface area contributed by atoms with Gasteiger partial charge in [-0.3, -0.25) is 9.78 Å². The van der Waals surface area contributed by atoms with Crippen LogP contribution in [0.25, 0.3) is 5.57 Å². The fourth-order valence-electron chi connectivity index (χ4n) is 3.62. The molecule has 2 N–H and O–H groups in total. The Hall–Kier alpha value is -4.46. The Labute approximate surface area is 210 Å². The number of nitrogens with one attached hydrogen (secondary N) is 2. The number of hydrogen-bond donors (Lipinski definition) is 2. The lowest BCUT2D eigenvalue weighted by molar-refractivity contribution is -0.122. The molecule has 2 atom stereocenters. The van der Waals surface area contributed by atoms with Crippen molar-refractivity contribution in [2.24, 2.45) is 5.92 Å². The van der Waals surface area contributed by atoms with Crippen molar-refractivity contribution < 1.29 is 23.9 Å². The van der Waals surface area contributed by atoms with Crippen LogP contribution in [0, 0.1) is 5.92 Å². The van der Waals surface area contributed by atoms with Crippen LogP contribution in [0.4, 0.5) is 4.79 Å². The van der Waals surface area contributed by atoms with Crippen LogP contribution in [-0.4, -0.2) is 37.1 Å². The average molecular weight is 488 g/mol. The zero-order chi connectivity index (χ0) is 25.9. The van der Waals surface area contributed by atoms with E-state index in [0.29, 0.717) is 16.7 Å². The van der Waals surface area contributed by atoms with Crippen LogP contribution < -0.4 is 10.6 Å². The van der Waals surface area contributed by atoms with Crippen molar-refractivity contribution in [1.29, 1.82) is 0 Å². The van der Waals surface area contributed by atoms with E-state index in [4.69, 9.17) is 9.47 Å². The first-order chi connectivity index (χ1) is 17.4. The number of carbonyl (C=O) groups excluding carboxylic acids is 3.